The molecule has 1 amide bonds. The standard InChI is InChI=1S/C13H15NO5/c15-9-5-3-4-8(10(9)16)11(17)14-13(12(18)19)6-1-2-7-13/h3-5,15-16H,1-2,6-7H2,(H,14,17)(H,18,19). The lowest BCUT2D eigenvalue weighted by atomic mass is 9.97. The van der Waals surface area contributed by atoms with Crippen LogP contribution in [0.2, 0.25) is 0 Å². The Hall–Kier alpha value is -2.24. The van der Waals surface area contributed by atoms with Crippen LogP contribution >= 0.6 is 0 Å². The maximum Gasteiger partial charge on any atom is 0.329 e. The fraction of sp³-hybridized carbons (Fsp3) is 0.385. The highest BCUT2D eigenvalue weighted by atomic mass is 16.4. The van der Waals surface area contributed by atoms with E-state index in [0.29, 0.717) is 12.8 Å². The Bertz CT molecular complexity index is 520. The number of benzene rings is 1. The number of aromatic hydroxyl groups is 2. The van der Waals surface area contributed by atoms with E-state index in [-0.39, 0.29) is 5.56 Å². The Balaban J connectivity index is 2.25. The van der Waals surface area contributed by atoms with Crippen molar-refractivity contribution in [1.29, 1.82) is 0 Å². The van der Waals surface area contributed by atoms with Crippen molar-refractivity contribution >= 4 is 11.9 Å². The van der Waals surface area contributed by atoms with Gasteiger partial charge in [-0.05, 0) is 25.0 Å². The summed E-state index contributed by atoms with van der Waals surface area (Å²) in [7, 11) is 0. The van der Waals surface area contributed by atoms with Crippen LogP contribution in [0.15, 0.2) is 18.2 Å². The molecule has 1 fully saturated rings. The average Bonchev–Trinajstić information content (AvgIpc) is 2.82. The summed E-state index contributed by atoms with van der Waals surface area (Å²) in [6.07, 6.45) is 2.21. The number of hydrogen-bond acceptors (Lipinski definition) is 4. The molecule has 0 atom stereocenters. The molecular formula is C13H15NO5. The first kappa shape index (κ1) is 13.2. The number of carbonyl (C=O) groups excluding carboxylic acids is 1. The molecule has 6 heteroatoms. The van der Waals surface area contributed by atoms with Crippen LogP contribution in [0.25, 0.3) is 0 Å². The first-order valence-corrected chi connectivity index (χ1v) is 6.03. The third-order valence-corrected chi connectivity index (χ3v) is 3.48. The van der Waals surface area contributed by atoms with Crippen LogP contribution in [0.4, 0.5) is 0 Å². The van der Waals surface area contributed by atoms with Crippen LogP contribution in [-0.2, 0) is 4.79 Å². The van der Waals surface area contributed by atoms with Gasteiger partial charge < -0.3 is 20.6 Å². The number of amides is 1. The first-order valence-electron chi connectivity index (χ1n) is 6.03. The molecule has 1 saturated carbocycles. The van der Waals surface area contributed by atoms with Crippen LogP contribution in [0.5, 0.6) is 11.5 Å². The normalized spacial score (nSPS) is 17.1. The van der Waals surface area contributed by atoms with Crippen molar-refractivity contribution in [1.82, 2.24) is 5.32 Å². The number of phenolic OH excluding ortho intramolecular Hbond substituents is 2. The number of nitrogens with one attached hydrogen (secondary N) is 1. The zero-order chi connectivity index (χ0) is 14.0. The zero-order valence-corrected chi connectivity index (χ0v) is 10.2. The van der Waals surface area contributed by atoms with Gasteiger partial charge in [-0.15, -0.1) is 0 Å². The molecule has 2 rings (SSSR count). The number of carboxylic acid groups (broad SMARTS) is 1. The number of carbonyl (C=O) groups is 2. The summed E-state index contributed by atoms with van der Waals surface area (Å²) in [6.45, 7) is 0. The lowest BCUT2D eigenvalue weighted by Gasteiger charge is -2.25. The number of para-hydroxylation sites is 1. The monoisotopic (exact) mass is 265 g/mol. The Labute approximate surface area is 109 Å². The second-order valence-corrected chi connectivity index (χ2v) is 4.72. The van der Waals surface area contributed by atoms with E-state index in [1.165, 1.54) is 18.2 Å². The third-order valence-electron chi connectivity index (χ3n) is 3.48. The fourth-order valence-electron chi connectivity index (χ4n) is 2.37. The zero-order valence-electron chi connectivity index (χ0n) is 10.2. The van der Waals surface area contributed by atoms with Gasteiger partial charge in [-0.1, -0.05) is 18.9 Å². The molecule has 19 heavy (non-hydrogen) atoms. The van der Waals surface area contributed by atoms with Gasteiger partial charge in [0.1, 0.15) is 5.54 Å². The SMILES string of the molecule is O=C(NC1(C(=O)O)CCCC1)c1cccc(O)c1O. The first-order chi connectivity index (χ1) is 8.96. The van der Waals surface area contributed by atoms with Gasteiger partial charge in [0.05, 0.1) is 5.56 Å². The van der Waals surface area contributed by atoms with Crippen LogP contribution < -0.4 is 5.32 Å². The molecule has 6 nitrogen and oxygen atoms in total. The van der Waals surface area contributed by atoms with E-state index in [2.05, 4.69) is 5.32 Å². The van der Waals surface area contributed by atoms with Crippen LogP contribution in [0, 0.1) is 0 Å². The molecule has 102 valence electrons. The lowest BCUT2D eigenvalue weighted by Crippen LogP contribution is -2.52. The van der Waals surface area contributed by atoms with E-state index in [4.69, 9.17) is 0 Å². The lowest BCUT2D eigenvalue weighted by molar-refractivity contribution is -0.144. The second kappa shape index (κ2) is 4.79. The van der Waals surface area contributed by atoms with Crippen molar-refractivity contribution in [3.63, 3.8) is 0 Å². The molecular weight excluding hydrogens is 250 g/mol. The highest BCUT2D eigenvalue weighted by Crippen LogP contribution is 2.32. The van der Waals surface area contributed by atoms with Crippen LogP contribution in [-0.4, -0.2) is 32.7 Å². The van der Waals surface area contributed by atoms with Gasteiger partial charge in [0.25, 0.3) is 5.91 Å². The molecule has 1 aromatic carbocycles. The summed E-state index contributed by atoms with van der Waals surface area (Å²) in [6, 6.07) is 3.98. The number of hydrogen-bond donors (Lipinski definition) is 4. The summed E-state index contributed by atoms with van der Waals surface area (Å²) in [4.78, 5) is 23.4. The topological polar surface area (TPSA) is 107 Å². The molecule has 1 aromatic rings. The van der Waals surface area contributed by atoms with Crippen molar-refractivity contribution in [2.45, 2.75) is 31.2 Å². The predicted molar refractivity (Wildman–Crippen MR) is 66.1 cm³/mol. The second-order valence-electron chi connectivity index (χ2n) is 4.72. The highest BCUT2D eigenvalue weighted by Gasteiger charge is 2.43. The summed E-state index contributed by atoms with van der Waals surface area (Å²) >= 11 is 0. The van der Waals surface area contributed by atoms with Gasteiger partial charge in [-0.25, -0.2) is 4.79 Å². The Morgan fingerprint density at radius 1 is 1.16 bits per heavy atom. The number of carboxylic acids is 1. The van der Waals surface area contributed by atoms with E-state index in [0.717, 1.165) is 12.8 Å². The third kappa shape index (κ3) is 2.33. The largest absolute Gasteiger partial charge is 0.504 e. The smallest absolute Gasteiger partial charge is 0.329 e. The summed E-state index contributed by atoms with van der Waals surface area (Å²) in [5.74, 6) is -2.72. The highest BCUT2D eigenvalue weighted by molar-refractivity contribution is 6.00. The van der Waals surface area contributed by atoms with E-state index in [1.54, 1.807) is 0 Å². The Kier molecular flexibility index (Phi) is 3.33. The quantitative estimate of drug-likeness (QED) is 0.615. The van der Waals surface area contributed by atoms with Gasteiger partial charge in [0, 0.05) is 0 Å². The molecule has 0 saturated heterocycles. The summed E-state index contributed by atoms with van der Waals surface area (Å²) < 4.78 is 0. The van der Waals surface area contributed by atoms with Crippen molar-refractivity contribution < 1.29 is 24.9 Å². The van der Waals surface area contributed by atoms with E-state index < -0.39 is 28.9 Å². The minimum atomic E-state index is -1.27. The number of rotatable bonds is 3. The number of phenols is 2. The van der Waals surface area contributed by atoms with Crippen LogP contribution in [0.1, 0.15) is 36.0 Å². The van der Waals surface area contributed by atoms with E-state index in [9.17, 15) is 24.9 Å². The van der Waals surface area contributed by atoms with Crippen molar-refractivity contribution in [3.05, 3.63) is 23.8 Å². The van der Waals surface area contributed by atoms with Gasteiger partial charge in [-0.2, -0.15) is 0 Å². The van der Waals surface area contributed by atoms with Crippen LogP contribution in [0.3, 0.4) is 0 Å². The van der Waals surface area contributed by atoms with Gasteiger partial charge in [0.2, 0.25) is 0 Å². The van der Waals surface area contributed by atoms with Crippen molar-refractivity contribution in [3.8, 4) is 11.5 Å². The predicted octanol–water partition coefficient (Wildman–Crippen LogP) is 1.22. The molecule has 1 aliphatic carbocycles. The van der Waals surface area contributed by atoms with Gasteiger partial charge in [0.15, 0.2) is 11.5 Å². The Morgan fingerprint density at radius 3 is 2.37 bits per heavy atom. The molecule has 0 spiro atoms. The molecule has 0 bridgehead atoms. The fourth-order valence-corrected chi connectivity index (χ4v) is 2.37. The maximum absolute atomic E-state index is 12.0. The minimum absolute atomic E-state index is 0.132. The van der Waals surface area contributed by atoms with Crippen molar-refractivity contribution in [2.24, 2.45) is 0 Å². The number of aliphatic carboxylic acids is 1. The minimum Gasteiger partial charge on any atom is -0.504 e. The molecule has 0 aliphatic heterocycles. The molecule has 1 aliphatic rings. The molecule has 0 radical (unpaired) electrons. The van der Waals surface area contributed by atoms with Crippen molar-refractivity contribution in [2.75, 3.05) is 0 Å². The van der Waals surface area contributed by atoms with E-state index in [1.807, 2.05) is 0 Å². The molecule has 0 heterocycles. The van der Waals surface area contributed by atoms with Gasteiger partial charge in [-0.3, -0.25) is 4.79 Å². The Morgan fingerprint density at radius 2 is 1.79 bits per heavy atom. The molecule has 0 aromatic heterocycles. The maximum atomic E-state index is 12.0. The van der Waals surface area contributed by atoms with E-state index >= 15 is 0 Å². The summed E-state index contributed by atoms with van der Waals surface area (Å²) in [5.41, 5.74) is -1.40. The molecule has 4 N–H and O–H groups in total. The molecule has 0 unspecified atom stereocenters. The van der Waals surface area contributed by atoms with Gasteiger partial charge >= 0.3 is 5.97 Å². The summed E-state index contributed by atoms with van der Waals surface area (Å²) in [5, 5.41) is 30.7. The average molecular weight is 265 g/mol.